The van der Waals surface area contributed by atoms with Crippen LogP contribution in [0.15, 0.2) is 60.4 Å². The van der Waals surface area contributed by atoms with Crippen LogP contribution in [-0.4, -0.2) is 12.9 Å². The molecule has 6 heteroatoms. The van der Waals surface area contributed by atoms with Crippen molar-refractivity contribution in [3.8, 4) is 17.2 Å². The van der Waals surface area contributed by atoms with Crippen LogP contribution in [-0.2, 0) is 6.61 Å². The topological polar surface area (TPSA) is 44.8 Å². The summed E-state index contributed by atoms with van der Waals surface area (Å²) in [5.74, 6) is 0.950. The lowest BCUT2D eigenvalue weighted by Crippen LogP contribution is -1.99. The van der Waals surface area contributed by atoms with Gasteiger partial charge in [0, 0.05) is 11.1 Å². The Kier molecular flexibility index (Phi) is 5.46. The summed E-state index contributed by atoms with van der Waals surface area (Å²) in [5.41, 5.74) is 2.19. The van der Waals surface area contributed by atoms with E-state index in [1.807, 2.05) is 31.2 Å². The number of ketones is 1. The molecule has 0 spiro atoms. The van der Waals surface area contributed by atoms with E-state index >= 15 is 0 Å². The first-order valence-corrected chi connectivity index (χ1v) is 9.63. The molecule has 0 fully saturated rings. The van der Waals surface area contributed by atoms with Gasteiger partial charge in [0.2, 0.25) is 5.78 Å². The first-order chi connectivity index (χ1) is 14.5. The molecule has 0 saturated carbocycles. The third-order valence-corrected chi connectivity index (χ3v) is 5.19. The molecule has 152 valence electrons. The maximum absolute atomic E-state index is 14.1. The number of benzene rings is 3. The van der Waals surface area contributed by atoms with Crippen molar-refractivity contribution in [3.63, 3.8) is 0 Å². The molecule has 0 atom stereocenters. The van der Waals surface area contributed by atoms with Crippen molar-refractivity contribution in [2.45, 2.75) is 13.5 Å². The Balaban J connectivity index is 1.57. The van der Waals surface area contributed by atoms with E-state index in [-0.39, 0.29) is 22.1 Å². The van der Waals surface area contributed by atoms with Crippen LogP contribution in [0.3, 0.4) is 0 Å². The number of hydrogen-bond donors (Lipinski definition) is 0. The summed E-state index contributed by atoms with van der Waals surface area (Å²) >= 11 is 6.06. The molecule has 0 aromatic heterocycles. The summed E-state index contributed by atoms with van der Waals surface area (Å²) < 4.78 is 30.9. The van der Waals surface area contributed by atoms with Gasteiger partial charge in [0.15, 0.2) is 5.76 Å². The summed E-state index contributed by atoms with van der Waals surface area (Å²) in [4.78, 5) is 12.7. The van der Waals surface area contributed by atoms with Crippen LogP contribution in [0, 0.1) is 12.7 Å². The van der Waals surface area contributed by atoms with E-state index in [0.717, 1.165) is 11.3 Å². The minimum atomic E-state index is -0.525. The van der Waals surface area contributed by atoms with Crippen LogP contribution in [0.5, 0.6) is 17.2 Å². The van der Waals surface area contributed by atoms with Crippen molar-refractivity contribution in [3.05, 3.63) is 93.5 Å². The van der Waals surface area contributed by atoms with Crippen LogP contribution in [0.2, 0.25) is 5.02 Å². The predicted molar refractivity (Wildman–Crippen MR) is 113 cm³/mol. The Bertz CT molecular complexity index is 1130. The molecule has 3 aromatic rings. The molecule has 0 saturated heterocycles. The highest BCUT2D eigenvalue weighted by Gasteiger charge is 2.30. The second-order valence-electron chi connectivity index (χ2n) is 6.78. The average Bonchev–Trinajstić information content (AvgIpc) is 3.07. The first-order valence-electron chi connectivity index (χ1n) is 9.25. The number of methoxy groups -OCH3 is 1. The number of halogens is 2. The van der Waals surface area contributed by atoms with Gasteiger partial charge in [0.05, 0.1) is 17.7 Å². The summed E-state index contributed by atoms with van der Waals surface area (Å²) in [6.07, 6.45) is 1.33. The van der Waals surface area contributed by atoms with Gasteiger partial charge in [0.1, 0.15) is 29.7 Å². The fourth-order valence-electron chi connectivity index (χ4n) is 3.19. The predicted octanol–water partition coefficient (Wildman–Crippen LogP) is 5.99. The van der Waals surface area contributed by atoms with Gasteiger partial charge in [-0.2, -0.15) is 0 Å². The van der Waals surface area contributed by atoms with Gasteiger partial charge in [-0.15, -0.1) is 0 Å². The quantitative estimate of drug-likeness (QED) is 0.472. The standard InChI is InChI=1S/C24H18ClFO4/c1-14-21(29-13-15-6-8-16(28-2)9-7-15)11-10-17-23(27)22(30-24(14)17)12-18-19(25)4-3-5-20(18)26/h3-12H,13H2,1-2H3/b22-12-. The normalized spacial score (nSPS) is 13.9. The Hall–Kier alpha value is -3.31. The van der Waals surface area contributed by atoms with Crippen LogP contribution < -0.4 is 14.2 Å². The molecular weight excluding hydrogens is 407 g/mol. The van der Waals surface area contributed by atoms with Crippen LogP contribution in [0.25, 0.3) is 6.08 Å². The Labute approximate surface area is 178 Å². The number of Topliss-reactive ketones (excluding diaryl/α,β-unsaturated/α-hetero) is 1. The molecule has 0 bridgehead atoms. The molecule has 0 amide bonds. The highest BCUT2D eigenvalue weighted by Crippen LogP contribution is 2.40. The van der Waals surface area contributed by atoms with Crippen molar-refractivity contribution in [2.24, 2.45) is 0 Å². The Morgan fingerprint density at radius 2 is 1.87 bits per heavy atom. The minimum absolute atomic E-state index is 0.0207. The second kappa shape index (κ2) is 8.20. The maximum atomic E-state index is 14.1. The molecular formula is C24H18ClFO4. The molecule has 1 aliphatic rings. The molecule has 0 unspecified atom stereocenters. The number of rotatable bonds is 5. The zero-order chi connectivity index (χ0) is 21.3. The molecule has 4 rings (SSSR count). The number of hydrogen-bond acceptors (Lipinski definition) is 4. The third-order valence-electron chi connectivity index (χ3n) is 4.87. The Morgan fingerprint density at radius 3 is 2.57 bits per heavy atom. The highest BCUT2D eigenvalue weighted by atomic mass is 35.5. The lowest BCUT2D eigenvalue weighted by Gasteiger charge is -2.12. The molecule has 0 radical (unpaired) electrons. The molecule has 1 aliphatic heterocycles. The monoisotopic (exact) mass is 424 g/mol. The average molecular weight is 425 g/mol. The second-order valence-corrected chi connectivity index (χ2v) is 7.18. The van der Waals surface area contributed by atoms with Crippen LogP contribution >= 0.6 is 11.6 Å². The molecule has 0 aliphatic carbocycles. The van der Waals surface area contributed by atoms with Crippen molar-refractivity contribution >= 4 is 23.5 Å². The number of allylic oxidation sites excluding steroid dienone is 1. The summed E-state index contributed by atoms with van der Waals surface area (Å²) in [6.45, 7) is 2.17. The smallest absolute Gasteiger partial charge is 0.231 e. The Morgan fingerprint density at radius 1 is 1.10 bits per heavy atom. The zero-order valence-electron chi connectivity index (χ0n) is 16.4. The van der Waals surface area contributed by atoms with Gasteiger partial charge in [0.25, 0.3) is 0 Å². The van der Waals surface area contributed by atoms with E-state index in [2.05, 4.69) is 0 Å². The van der Waals surface area contributed by atoms with E-state index in [4.69, 9.17) is 25.8 Å². The van der Waals surface area contributed by atoms with Gasteiger partial charge in [-0.3, -0.25) is 4.79 Å². The van der Waals surface area contributed by atoms with Crippen LogP contribution in [0.1, 0.15) is 27.0 Å². The van der Waals surface area contributed by atoms with E-state index in [1.54, 1.807) is 25.3 Å². The SMILES string of the molecule is COc1ccc(COc2ccc3c(c2C)O/C(=C\c2c(F)cccc2Cl)C3=O)cc1. The first kappa shape index (κ1) is 20.0. The van der Waals surface area contributed by atoms with Crippen molar-refractivity contribution in [1.29, 1.82) is 0 Å². The van der Waals surface area contributed by atoms with Crippen molar-refractivity contribution in [2.75, 3.05) is 7.11 Å². The number of ether oxygens (including phenoxy) is 3. The van der Waals surface area contributed by atoms with Crippen LogP contribution in [0.4, 0.5) is 4.39 Å². The van der Waals surface area contributed by atoms with E-state index in [0.29, 0.717) is 29.2 Å². The van der Waals surface area contributed by atoms with Gasteiger partial charge in [-0.25, -0.2) is 4.39 Å². The molecule has 0 N–H and O–H groups in total. The van der Waals surface area contributed by atoms with Gasteiger partial charge < -0.3 is 14.2 Å². The van der Waals surface area contributed by atoms with Crippen molar-refractivity contribution in [1.82, 2.24) is 0 Å². The van der Waals surface area contributed by atoms with E-state index < -0.39 is 5.82 Å². The molecule has 1 heterocycles. The minimum Gasteiger partial charge on any atom is -0.497 e. The number of fused-ring (bicyclic) bond motifs is 1. The largest absolute Gasteiger partial charge is 0.497 e. The fourth-order valence-corrected chi connectivity index (χ4v) is 3.40. The van der Waals surface area contributed by atoms with Crippen molar-refractivity contribution < 1.29 is 23.4 Å². The van der Waals surface area contributed by atoms with Gasteiger partial charge in [-0.05, 0) is 55.0 Å². The summed E-state index contributed by atoms with van der Waals surface area (Å²) in [6, 6.07) is 15.3. The zero-order valence-corrected chi connectivity index (χ0v) is 17.1. The molecule has 4 nitrogen and oxygen atoms in total. The van der Waals surface area contributed by atoms with Gasteiger partial charge >= 0.3 is 0 Å². The molecule has 30 heavy (non-hydrogen) atoms. The van der Waals surface area contributed by atoms with E-state index in [1.165, 1.54) is 18.2 Å². The molecule has 3 aromatic carbocycles. The maximum Gasteiger partial charge on any atom is 0.231 e. The summed E-state index contributed by atoms with van der Waals surface area (Å²) in [5, 5.41) is 0.204. The fraction of sp³-hybridized carbons (Fsp3) is 0.125. The number of carbonyl (C=O) groups is 1. The lowest BCUT2D eigenvalue weighted by atomic mass is 10.1. The third kappa shape index (κ3) is 3.76. The summed E-state index contributed by atoms with van der Waals surface area (Å²) in [7, 11) is 1.61. The van der Waals surface area contributed by atoms with Gasteiger partial charge in [-0.1, -0.05) is 29.8 Å². The number of carbonyl (C=O) groups excluding carboxylic acids is 1. The highest BCUT2D eigenvalue weighted by molar-refractivity contribution is 6.32. The lowest BCUT2D eigenvalue weighted by molar-refractivity contribution is 0.101. The van der Waals surface area contributed by atoms with E-state index in [9.17, 15) is 9.18 Å².